The van der Waals surface area contributed by atoms with Crippen LogP contribution >= 0.6 is 0 Å². The highest BCUT2D eigenvalue weighted by atomic mass is 16.5. The summed E-state index contributed by atoms with van der Waals surface area (Å²) in [6.45, 7) is 7.43. The Morgan fingerprint density at radius 3 is 2.42 bits per heavy atom. The van der Waals surface area contributed by atoms with E-state index in [1.807, 2.05) is 51.2 Å². The third-order valence-electron chi connectivity index (χ3n) is 4.34. The van der Waals surface area contributed by atoms with E-state index < -0.39 is 0 Å². The normalized spacial score (nSPS) is 10.6. The molecule has 0 aliphatic carbocycles. The average Bonchev–Trinajstić information content (AvgIpc) is 2.66. The van der Waals surface area contributed by atoms with Crippen LogP contribution in [0.1, 0.15) is 16.8 Å². The Morgan fingerprint density at radius 1 is 0.962 bits per heavy atom. The molecule has 0 aliphatic heterocycles. The molecule has 5 heteroatoms. The van der Waals surface area contributed by atoms with Crippen LogP contribution in [-0.2, 0) is 0 Å². The molecule has 3 rings (SSSR count). The van der Waals surface area contributed by atoms with Crippen LogP contribution in [0.2, 0.25) is 0 Å². The highest BCUT2D eigenvalue weighted by Gasteiger charge is 2.13. The second-order valence-electron chi connectivity index (χ2n) is 6.38. The summed E-state index contributed by atoms with van der Waals surface area (Å²) in [7, 11) is 2.02. The van der Waals surface area contributed by atoms with Crippen LogP contribution in [0.4, 0.5) is 5.82 Å². The summed E-state index contributed by atoms with van der Waals surface area (Å²) in [6, 6.07) is 13.9. The number of ether oxygens (including phenoxy) is 1. The fourth-order valence-corrected chi connectivity index (χ4v) is 2.64. The molecule has 0 fully saturated rings. The zero-order valence-corrected chi connectivity index (χ0v) is 15.7. The minimum atomic E-state index is 0.584. The van der Waals surface area contributed by atoms with Crippen molar-refractivity contribution in [3.05, 3.63) is 65.5 Å². The summed E-state index contributed by atoms with van der Waals surface area (Å²) in [5.41, 5.74) is 4.04. The first-order valence-electron chi connectivity index (χ1n) is 8.72. The van der Waals surface area contributed by atoms with Gasteiger partial charge >= 0.3 is 0 Å². The molecule has 1 aromatic carbocycles. The number of rotatable bonds is 6. The van der Waals surface area contributed by atoms with Crippen LogP contribution in [0.15, 0.2) is 48.7 Å². The standard InChI is InChI=1S/C21H24N4O/c1-15-8-10-18(11-9-15)26-14-13-25(4)21-16(2)17(3)23-20(24-21)19-7-5-6-12-22-19/h5-12H,13-14H2,1-4H3. The number of aromatic nitrogens is 3. The third-order valence-corrected chi connectivity index (χ3v) is 4.34. The van der Waals surface area contributed by atoms with E-state index in [-0.39, 0.29) is 0 Å². The predicted molar refractivity (Wildman–Crippen MR) is 105 cm³/mol. The lowest BCUT2D eigenvalue weighted by molar-refractivity contribution is 0.325. The summed E-state index contributed by atoms with van der Waals surface area (Å²) in [5.74, 6) is 2.44. The molecular weight excluding hydrogens is 324 g/mol. The molecule has 0 amide bonds. The Hall–Kier alpha value is -2.95. The molecule has 0 bridgehead atoms. The quantitative estimate of drug-likeness (QED) is 0.674. The van der Waals surface area contributed by atoms with Gasteiger partial charge in [0.2, 0.25) is 0 Å². The van der Waals surface area contributed by atoms with Gasteiger partial charge in [-0.3, -0.25) is 4.98 Å². The van der Waals surface area contributed by atoms with E-state index in [1.165, 1.54) is 5.56 Å². The van der Waals surface area contributed by atoms with E-state index in [0.29, 0.717) is 12.4 Å². The van der Waals surface area contributed by atoms with Gasteiger partial charge in [0.15, 0.2) is 5.82 Å². The Morgan fingerprint density at radius 2 is 1.73 bits per heavy atom. The second kappa shape index (κ2) is 7.95. The molecule has 3 aromatic rings. The van der Waals surface area contributed by atoms with E-state index in [4.69, 9.17) is 9.72 Å². The first-order valence-corrected chi connectivity index (χ1v) is 8.72. The molecule has 0 aliphatic rings. The van der Waals surface area contributed by atoms with E-state index in [9.17, 15) is 0 Å². The lowest BCUT2D eigenvalue weighted by atomic mass is 10.2. The summed E-state index contributed by atoms with van der Waals surface area (Å²) >= 11 is 0. The maximum absolute atomic E-state index is 5.84. The number of anilines is 1. The molecule has 134 valence electrons. The molecule has 0 saturated carbocycles. The number of benzene rings is 1. The fourth-order valence-electron chi connectivity index (χ4n) is 2.64. The Kier molecular flexibility index (Phi) is 5.46. The molecule has 0 atom stereocenters. The van der Waals surface area contributed by atoms with Crippen molar-refractivity contribution < 1.29 is 4.74 Å². The molecule has 2 heterocycles. The van der Waals surface area contributed by atoms with Gasteiger partial charge in [0.05, 0.1) is 6.54 Å². The first-order chi connectivity index (χ1) is 12.5. The minimum absolute atomic E-state index is 0.584. The molecule has 0 unspecified atom stereocenters. The number of aryl methyl sites for hydroxylation is 2. The zero-order chi connectivity index (χ0) is 18.5. The van der Waals surface area contributed by atoms with Crippen LogP contribution in [0.5, 0.6) is 5.75 Å². The summed E-state index contributed by atoms with van der Waals surface area (Å²) < 4.78 is 5.84. The number of likely N-dealkylation sites (N-methyl/N-ethyl adjacent to an activating group) is 1. The van der Waals surface area contributed by atoms with Gasteiger partial charge in [0.25, 0.3) is 0 Å². The van der Waals surface area contributed by atoms with Crippen molar-refractivity contribution in [3.63, 3.8) is 0 Å². The number of pyridine rings is 1. The minimum Gasteiger partial charge on any atom is -0.492 e. The molecular formula is C21H24N4O. The Balaban J connectivity index is 1.73. The van der Waals surface area contributed by atoms with Crippen molar-refractivity contribution in [1.82, 2.24) is 15.0 Å². The van der Waals surface area contributed by atoms with Gasteiger partial charge in [0.1, 0.15) is 23.9 Å². The van der Waals surface area contributed by atoms with Crippen LogP contribution in [0.25, 0.3) is 11.5 Å². The van der Waals surface area contributed by atoms with Gasteiger partial charge in [-0.15, -0.1) is 0 Å². The Labute approximate surface area is 154 Å². The van der Waals surface area contributed by atoms with E-state index in [0.717, 1.165) is 35.1 Å². The number of hydrogen-bond acceptors (Lipinski definition) is 5. The highest BCUT2D eigenvalue weighted by Crippen LogP contribution is 2.22. The second-order valence-corrected chi connectivity index (χ2v) is 6.38. The van der Waals surface area contributed by atoms with Gasteiger partial charge < -0.3 is 9.64 Å². The van der Waals surface area contributed by atoms with E-state index in [2.05, 4.69) is 33.9 Å². The van der Waals surface area contributed by atoms with Gasteiger partial charge in [-0.05, 0) is 45.0 Å². The van der Waals surface area contributed by atoms with Crippen LogP contribution in [0.3, 0.4) is 0 Å². The Bertz CT molecular complexity index is 863. The van der Waals surface area contributed by atoms with Crippen molar-refractivity contribution in [2.45, 2.75) is 20.8 Å². The molecule has 0 N–H and O–H groups in total. The van der Waals surface area contributed by atoms with Crippen molar-refractivity contribution in [1.29, 1.82) is 0 Å². The first kappa shape index (κ1) is 17.9. The predicted octanol–water partition coefficient (Wildman–Crippen LogP) is 3.98. The summed E-state index contributed by atoms with van der Waals surface area (Å²) in [6.07, 6.45) is 1.76. The van der Waals surface area contributed by atoms with Crippen LogP contribution in [0, 0.1) is 20.8 Å². The molecule has 2 aromatic heterocycles. The van der Waals surface area contributed by atoms with Gasteiger partial charge in [0, 0.05) is 24.5 Å². The van der Waals surface area contributed by atoms with E-state index in [1.54, 1.807) is 6.20 Å². The number of hydrogen-bond donors (Lipinski definition) is 0. The maximum Gasteiger partial charge on any atom is 0.180 e. The smallest absolute Gasteiger partial charge is 0.180 e. The van der Waals surface area contributed by atoms with E-state index >= 15 is 0 Å². The van der Waals surface area contributed by atoms with Crippen molar-refractivity contribution in [2.75, 3.05) is 25.1 Å². The van der Waals surface area contributed by atoms with Crippen LogP contribution in [-0.4, -0.2) is 35.2 Å². The lowest BCUT2D eigenvalue weighted by Gasteiger charge is -2.21. The molecule has 26 heavy (non-hydrogen) atoms. The van der Waals surface area contributed by atoms with Gasteiger partial charge in [-0.1, -0.05) is 23.8 Å². The van der Waals surface area contributed by atoms with Crippen molar-refractivity contribution in [3.8, 4) is 17.3 Å². The number of nitrogens with zero attached hydrogens (tertiary/aromatic N) is 4. The molecule has 5 nitrogen and oxygen atoms in total. The largest absolute Gasteiger partial charge is 0.492 e. The highest BCUT2D eigenvalue weighted by molar-refractivity contribution is 5.57. The van der Waals surface area contributed by atoms with Gasteiger partial charge in [-0.25, -0.2) is 9.97 Å². The SMILES string of the molecule is Cc1ccc(OCCN(C)c2nc(-c3ccccn3)nc(C)c2C)cc1. The van der Waals surface area contributed by atoms with Crippen molar-refractivity contribution >= 4 is 5.82 Å². The summed E-state index contributed by atoms with van der Waals surface area (Å²) in [4.78, 5) is 15.8. The maximum atomic E-state index is 5.84. The fraction of sp³-hybridized carbons (Fsp3) is 0.286. The lowest BCUT2D eigenvalue weighted by Crippen LogP contribution is -2.26. The molecule has 0 radical (unpaired) electrons. The van der Waals surface area contributed by atoms with Crippen molar-refractivity contribution in [2.24, 2.45) is 0 Å². The average molecular weight is 348 g/mol. The third kappa shape index (κ3) is 4.17. The van der Waals surface area contributed by atoms with Crippen LogP contribution < -0.4 is 9.64 Å². The summed E-state index contributed by atoms with van der Waals surface area (Å²) in [5, 5.41) is 0. The monoisotopic (exact) mass is 348 g/mol. The zero-order valence-electron chi connectivity index (χ0n) is 15.7. The molecule has 0 spiro atoms. The molecule has 0 saturated heterocycles. The van der Waals surface area contributed by atoms with Gasteiger partial charge in [-0.2, -0.15) is 0 Å². The topological polar surface area (TPSA) is 51.1 Å².